The number of rotatable bonds is 3. The van der Waals surface area contributed by atoms with Crippen molar-refractivity contribution >= 4 is 23.2 Å². The molecule has 1 aliphatic heterocycles. The third kappa shape index (κ3) is 2.72. The number of hydrogen-bond acceptors (Lipinski definition) is 4. The highest BCUT2D eigenvalue weighted by Gasteiger charge is 2.29. The number of imidazole rings is 1. The zero-order valence-corrected chi connectivity index (χ0v) is 14.1. The van der Waals surface area contributed by atoms with E-state index in [0.29, 0.717) is 16.5 Å². The lowest BCUT2D eigenvalue weighted by Gasteiger charge is -2.29. The first-order valence-corrected chi connectivity index (χ1v) is 8.33. The molecule has 4 rings (SSSR count). The summed E-state index contributed by atoms with van der Waals surface area (Å²) in [5.41, 5.74) is 10.1. The number of hydrogen-bond donors (Lipinski definition) is 3. The van der Waals surface area contributed by atoms with Crippen molar-refractivity contribution in [2.45, 2.75) is 6.23 Å². The predicted octanol–water partition coefficient (Wildman–Crippen LogP) is 3.49. The van der Waals surface area contributed by atoms with E-state index in [2.05, 4.69) is 10.3 Å². The number of nitrogens with zero attached hydrogens (tertiary/aromatic N) is 2. The quantitative estimate of drug-likeness (QED) is 0.674. The first kappa shape index (κ1) is 15.9. The van der Waals surface area contributed by atoms with Crippen LogP contribution >= 0.6 is 11.6 Å². The van der Waals surface area contributed by atoms with Crippen LogP contribution in [0, 0.1) is 0 Å². The average molecular weight is 353 g/mol. The molecule has 5 nitrogen and oxygen atoms in total. The van der Waals surface area contributed by atoms with Gasteiger partial charge in [-0.15, -0.1) is 0 Å². The Labute approximate surface area is 150 Å². The SMILES string of the molecule is NCC1=C(c2ccccc2)Nc2ncc(-c3ccc(Cl)cc3)n2C1O. The topological polar surface area (TPSA) is 76.1 Å². The van der Waals surface area contributed by atoms with Crippen molar-refractivity contribution in [3.63, 3.8) is 0 Å². The highest BCUT2D eigenvalue weighted by atomic mass is 35.5. The fourth-order valence-corrected chi connectivity index (χ4v) is 3.21. The number of nitrogens with two attached hydrogens (primary N) is 1. The number of benzene rings is 2. The highest BCUT2D eigenvalue weighted by Crippen LogP contribution is 2.37. The van der Waals surface area contributed by atoms with Gasteiger partial charge in [-0.25, -0.2) is 4.98 Å². The summed E-state index contributed by atoms with van der Waals surface area (Å²) in [4.78, 5) is 4.43. The number of halogens is 1. The Bertz CT molecular complexity index is 932. The standard InChI is InChI=1S/C19H17ClN4O/c20-14-8-6-12(7-9-14)16-11-22-19-23-17(13-4-2-1-3-5-13)15(10-21)18(25)24(16)19/h1-9,11,18,25H,10,21H2,(H,22,23). The van der Waals surface area contributed by atoms with Crippen LogP contribution in [0.15, 0.2) is 66.4 Å². The van der Waals surface area contributed by atoms with Crippen molar-refractivity contribution in [3.05, 3.63) is 77.0 Å². The largest absolute Gasteiger partial charge is 0.369 e. The second-order valence-corrected chi connectivity index (χ2v) is 6.25. The number of aromatic nitrogens is 2. The van der Waals surface area contributed by atoms with Crippen LogP contribution < -0.4 is 11.1 Å². The van der Waals surface area contributed by atoms with Crippen LogP contribution in [0.1, 0.15) is 11.8 Å². The monoisotopic (exact) mass is 352 g/mol. The average Bonchev–Trinajstić information content (AvgIpc) is 3.07. The fourth-order valence-electron chi connectivity index (χ4n) is 3.08. The second-order valence-electron chi connectivity index (χ2n) is 5.81. The Morgan fingerprint density at radius 3 is 2.48 bits per heavy atom. The summed E-state index contributed by atoms with van der Waals surface area (Å²) in [6.07, 6.45) is 0.848. The molecule has 3 aromatic rings. The van der Waals surface area contributed by atoms with Crippen LogP contribution in [0.3, 0.4) is 0 Å². The van der Waals surface area contributed by atoms with Gasteiger partial charge in [0.25, 0.3) is 0 Å². The van der Waals surface area contributed by atoms with E-state index in [0.717, 1.165) is 22.5 Å². The molecule has 0 aliphatic carbocycles. The molecule has 0 bridgehead atoms. The van der Waals surface area contributed by atoms with Crippen LogP contribution in [0.5, 0.6) is 0 Å². The van der Waals surface area contributed by atoms with Gasteiger partial charge < -0.3 is 16.2 Å². The summed E-state index contributed by atoms with van der Waals surface area (Å²) in [5.74, 6) is 0.577. The highest BCUT2D eigenvalue weighted by molar-refractivity contribution is 6.30. The molecule has 0 radical (unpaired) electrons. The molecule has 2 heterocycles. The third-order valence-corrected chi connectivity index (χ3v) is 4.59. The third-order valence-electron chi connectivity index (χ3n) is 4.33. The first-order valence-electron chi connectivity index (χ1n) is 7.96. The molecule has 0 amide bonds. The van der Waals surface area contributed by atoms with Gasteiger partial charge in [0.1, 0.15) is 0 Å². The molecule has 0 fully saturated rings. The van der Waals surface area contributed by atoms with Gasteiger partial charge in [0, 0.05) is 22.7 Å². The van der Waals surface area contributed by atoms with Gasteiger partial charge in [-0.05, 0) is 17.7 Å². The van der Waals surface area contributed by atoms with Crippen LogP contribution in [0.2, 0.25) is 5.02 Å². The summed E-state index contributed by atoms with van der Waals surface area (Å²) < 4.78 is 1.75. The Kier molecular flexibility index (Phi) is 4.05. The summed E-state index contributed by atoms with van der Waals surface area (Å²) in [5, 5.41) is 14.9. The number of aliphatic hydroxyl groups excluding tert-OH is 1. The van der Waals surface area contributed by atoms with E-state index in [1.54, 1.807) is 10.8 Å². The van der Waals surface area contributed by atoms with Crippen LogP contribution in [0.25, 0.3) is 17.0 Å². The lowest BCUT2D eigenvalue weighted by atomic mass is 10.0. The van der Waals surface area contributed by atoms with Crippen molar-refractivity contribution < 1.29 is 5.11 Å². The Balaban J connectivity index is 1.81. The minimum Gasteiger partial charge on any atom is -0.369 e. The van der Waals surface area contributed by atoms with Crippen molar-refractivity contribution in [1.29, 1.82) is 0 Å². The molecule has 6 heteroatoms. The lowest BCUT2D eigenvalue weighted by molar-refractivity contribution is 0.143. The number of aliphatic hydroxyl groups is 1. The molecule has 4 N–H and O–H groups in total. The summed E-state index contributed by atoms with van der Waals surface area (Å²) in [6, 6.07) is 17.2. The smallest absolute Gasteiger partial charge is 0.210 e. The molecule has 0 saturated carbocycles. The van der Waals surface area contributed by atoms with Gasteiger partial charge in [0.05, 0.1) is 17.6 Å². The molecule has 25 heavy (non-hydrogen) atoms. The van der Waals surface area contributed by atoms with E-state index >= 15 is 0 Å². The van der Waals surface area contributed by atoms with Gasteiger partial charge in [-0.1, -0.05) is 54.1 Å². The number of fused-ring (bicyclic) bond motifs is 1. The van der Waals surface area contributed by atoms with E-state index in [4.69, 9.17) is 17.3 Å². The molecule has 0 saturated heterocycles. The van der Waals surface area contributed by atoms with Crippen LogP contribution in [-0.4, -0.2) is 21.2 Å². The molecule has 2 aromatic carbocycles. The fraction of sp³-hybridized carbons (Fsp3) is 0.105. The lowest BCUT2D eigenvalue weighted by Crippen LogP contribution is -2.27. The van der Waals surface area contributed by atoms with Gasteiger partial charge in [0.15, 0.2) is 6.23 Å². The minimum atomic E-state index is -0.885. The van der Waals surface area contributed by atoms with Gasteiger partial charge in [0.2, 0.25) is 5.95 Å². The number of nitrogens with one attached hydrogen (secondary N) is 1. The molecular weight excluding hydrogens is 336 g/mol. The molecule has 1 unspecified atom stereocenters. The van der Waals surface area contributed by atoms with Crippen molar-refractivity contribution in [1.82, 2.24) is 9.55 Å². The minimum absolute atomic E-state index is 0.232. The Morgan fingerprint density at radius 1 is 1.08 bits per heavy atom. The van der Waals surface area contributed by atoms with E-state index in [1.807, 2.05) is 54.6 Å². The van der Waals surface area contributed by atoms with Gasteiger partial charge in [-0.3, -0.25) is 4.57 Å². The maximum absolute atomic E-state index is 11.0. The molecular formula is C19H17ClN4O. The first-order chi connectivity index (χ1) is 12.2. The molecule has 1 atom stereocenters. The zero-order valence-electron chi connectivity index (χ0n) is 13.4. The molecule has 0 spiro atoms. The molecule has 1 aliphatic rings. The Morgan fingerprint density at radius 2 is 1.80 bits per heavy atom. The summed E-state index contributed by atoms with van der Waals surface area (Å²) >= 11 is 5.97. The van der Waals surface area contributed by atoms with E-state index in [1.165, 1.54) is 0 Å². The number of anilines is 1. The van der Waals surface area contributed by atoms with Crippen LogP contribution in [0.4, 0.5) is 5.95 Å². The summed E-state index contributed by atoms with van der Waals surface area (Å²) in [7, 11) is 0. The van der Waals surface area contributed by atoms with Gasteiger partial charge in [-0.2, -0.15) is 0 Å². The van der Waals surface area contributed by atoms with E-state index in [9.17, 15) is 5.11 Å². The molecule has 126 valence electrons. The van der Waals surface area contributed by atoms with E-state index < -0.39 is 6.23 Å². The van der Waals surface area contributed by atoms with Gasteiger partial charge >= 0.3 is 0 Å². The molecule has 1 aromatic heterocycles. The van der Waals surface area contributed by atoms with Crippen molar-refractivity contribution in [3.8, 4) is 11.3 Å². The zero-order chi connectivity index (χ0) is 17.4. The summed E-state index contributed by atoms with van der Waals surface area (Å²) in [6.45, 7) is 0.232. The van der Waals surface area contributed by atoms with Crippen molar-refractivity contribution in [2.75, 3.05) is 11.9 Å². The predicted molar refractivity (Wildman–Crippen MR) is 100.0 cm³/mol. The maximum atomic E-state index is 11.0. The van der Waals surface area contributed by atoms with Crippen molar-refractivity contribution in [2.24, 2.45) is 5.73 Å². The van der Waals surface area contributed by atoms with E-state index in [-0.39, 0.29) is 6.54 Å². The Hall–Kier alpha value is -2.60. The maximum Gasteiger partial charge on any atom is 0.210 e. The second kappa shape index (κ2) is 6.37. The van der Waals surface area contributed by atoms with Crippen LogP contribution in [-0.2, 0) is 0 Å². The normalized spacial score (nSPS) is 16.5.